The topological polar surface area (TPSA) is 148 Å². The van der Waals surface area contributed by atoms with Crippen molar-refractivity contribution in [2.24, 2.45) is 5.41 Å². The second-order valence-corrected chi connectivity index (χ2v) is 7.65. The Kier molecular flexibility index (Phi) is 6.66. The van der Waals surface area contributed by atoms with E-state index in [0.717, 1.165) is 16.7 Å². The number of aromatic amines is 1. The molecule has 0 spiro atoms. The van der Waals surface area contributed by atoms with Crippen LogP contribution >= 0.6 is 0 Å². The van der Waals surface area contributed by atoms with Gasteiger partial charge in [0.1, 0.15) is 0 Å². The minimum Gasteiger partial charge on any atom is -0.481 e. The van der Waals surface area contributed by atoms with Crippen molar-refractivity contribution in [2.45, 2.75) is 25.8 Å². The standard InChI is InChI=1S/C22H24N4O5/c1-22(13-27,20(29)30)12-17(23-19(28)18-24-21(31)26-25-18)11-14-7-9-16(10-8-14)15-5-3-2-4-6-15/h2-10,17,27H,11-13H2,1H3,(H,23,28)(H,29,30)(H2,24,25,26,31)/t17-,22+/m1/s1. The number of aromatic hydroxyl groups is 1. The molecule has 0 unspecified atom stereocenters. The third kappa shape index (κ3) is 5.46. The van der Waals surface area contributed by atoms with Gasteiger partial charge in [-0.05, 0) is 36.5 Å². The van der Waals surface area contributed by atoms with Crippen LogP contribution in [0.25, 0.3) is 11.1 Å². The fourth-order valence-electron chi connectivity index (χ4n) is 3.29. The van der Waals surface area contributed by atoms with Crippen LogP contribution in [0, 0.1) is 5.41 Å². The minimum absolute atomic E-state index is 0.00880. The molecular weight excluding hydrogens is 400 g/mol. The van der Waals surface area contributed by atoms with Gasteiger partial charge in [0.05, 0.1) is 12.0 Å². The van der Waals surface area contributed by atoms with Gasteiger partial charge >= 0.3 is 12.0 Å². The zero-order chi connectivity index (χ0) is 22.4. The highest BCUT2D eigenvalue weighted by molar-refractivity contribution is 5.90. The lowest BCUT2D eigenvalue weighted by Crippen LogP contribution is -2.44. The molecule has 0 saturated heterocycles. The van der Waals surface area contributed by atoms with Gasteiger partial charge in [-0.25, -0.2) is 0 Å². The number of benzene rings is 2. The number of hydrogen-bond acceptors (Lipinski definition) is 6. The summed E-state index contributed by atoms with van der Waals surface area (Å²) in [6, 6.07) is 16.4. The fourth-order valence-corrected chi connectivity index (χ4v) is 3.29. The van der Waals surface area contributed by atoms with Crippen LogP contribution in [0.3, 0.4) is 0 Å². The second kappa shape index (κ2) is 9.40. The first-order chi connectivity index (χ1) is 14.8. The number of aliphatic carboxylic acids is 1. The molecular formula is C22H24N4O5. The molecule has 0 bridgehead atoms. The molecule has 9 heteroatoms. The van der Waals surface area contributed by atoms with Crippen molar-refractivity contribution < 1.29 is 24.9 Å². The maximum absolute atomic E-state index is 12.5. The number of carbonyl (C=O) groups is 2. The Labute approximate surface area is 178 Å². The minimum atomic E-state index is -1.44. The molecule has 2 aromatic carbocycles. The number of carbonyl (C=O) groups excluding carboxylic acids is 1. The van der Waals surface area contributed by atoms with Crippen LogP contribution in [0.4, 0.5) is 0 Å². The van der Waals surface area contributed by atoms with Crippen molar-refractivity contribution in [2.75, 3.05) is 6.61 Å². The number of hydrogen-bond donors (Lipinski definition) is 5. The van der Waals surface area contributed by atoms with E-state index in [-0.39, 0.29) is 12.2 Å². The summed E-state index contributed by atoms with van der Waals surface area (Å²) in [5, 5.41) is 36.9. The molecule has 1 aromatic heterocycles. The Morgan fingerprint density at radius 1 is 1.10 bits per heavy atom. The first kappa shape index (κ1) is 22.0. The van der Waals surface area contributed by atoms with Gasteiger partial charge in [0.2, 0.25) is 5.82 Å². The average Bonchev–Trinajstić information content (AvgIpc) is 3.21. The lowest BCUT2D eigenvalue weighted by molar-refractivity contribution is -0.151. The van der Waals surface area contributed by atoms with Gasteiger partial charge in [0, 0.05) is 6.04 Å². The first-order valence-corrected chi connectivity index (χ1v) is 9.71. The van der Waals surface area contributed by atoms with Gasteiger partial charge in [-0.3, -0.25) is 14.7 Å². The summed E-state index contributed by atoms with van der Waals surface area (Å²) < 4.78 is 0. The van der Waals surface area contributed by atoms with Gasteiger partial charge in [0.25, 0.3) is 5.91 Å². The van der Waals surface area contributed by atoms with Crippen LogP contribution in [0.5, 0.6) is 6.01 Å². The number of carboxylic acid groups (broad SMARTS) is 1. The second-order valence-electron chi connectivity index (χ2n) is 7.65. The van der Waals surface area contributed by atoms with Gasteiger partial charge in [-0.2, -0.15) is 4.98 Å². The van der Waals surface area contributed by atoms with Crippen LogP contribution in [0.15, 0.2) is 54.6 Å². The molecule has 1 heterocycles. The van der Waals surface area contributed by atoms with Crippen LogP contribution < -0.4 is 5.32 Å². The number of amides is 1. The molecule has 162 valence electrons. The third-order valence-electron chi connectivity index (χ3n) is 5.13. The summed E-state index contributed by atoms with van der Waals surface area (Å²) in [4.78, 5) is 27.7. The smallest absolute Gasteiger partial charge is 0.333 e. The van der Waals surface area contributed by atoms with Crippen molar-refractivity contribution in [1.29, 1.82) is 0 Å². The summed E-state index contributed by atoms with van der Waals surface area (Å²) in [5.41, 5.74) is 1.55. The predicted molar refractivity (Wildman–Crippen MR) is 112 cm³/mol. The highest BCUT2D eigenvalue weighted by Gasteiger charge is 2.36. The number of H-pyrrole nitrogens is 1. The number of aliphatic hydroxyl groups excluding tert-OH is 1. The number of carboxylic acids is 1. The maximum atomic E-state index is 12.5. The van der Waals surface area contributed by atoms with Crippen LogP contribution in [0.1, 0.15) is 29.5 Å². The van der Waals surface area contributed by atoms with Crippen molar-refractivity contribution >= 4 is 11.9 Å². The van der Waals surface area contributed by atoms with Crippen molar-refractivity contribution in [3.05, 3.63) is 66.0 Å². The van der Waals surface area contributed by atoms with Gasteiger partial charge in [-0.1, -0.05) is 54.6 Å². The lowest BCUT2D eigenvalue weighted by atomic mass is 9.82. The highest BCUT2D eigenvalue weighted by atomic mass is 16.4. The van der Waals surface area contributed by atoms with E-state index in [1.165, 1.54) is 6.92 Å². The fraction of sp³-hybridized carbons (Fsp3) is 0.273. The maximum Gasteiger partial charge on any atom is 0.333 e. The van der Waals surface area contributed by atoms with Gasteiger partial charge in [0.15, 0.2) is 0 Å². The lowest BCUT2D eigenvalue weighted by Gasteiger charge is -2.28. The zero-order valence-electron chi connectivity index (χ0n) is 16.9. The summed E-state index contributed by atoms with van der Waals surface area (Å²) in [6.45, 7) is 0.845. The molecule has 0 radical (unpaired) electrons. The highest BCUT2D eigenvalue weighted by Crippen LogP contribution is 2.26. The quantitative estimate of drug-likeness (QED) is 0.353. The summed E-state index contributed by atoms with van der Waals surface area (Å²) >= 11 is 0. The molecule has 3 aromatic rings. The van der Waals surface area contributed by atoms with E-state index in [4.69, 9.17) is 0 Å². The predicted octanol–water partition coefficient (Wildman–Crippen LogP) is 1.99. The van der Waals surface area contributed by atoms with Gasteiger partial charge < -0.3 is 20.6 Å². The summed E-state index contributed by atoms with van der Waals surface area (Å²) in [5.74, 6) is -1.99. The normalized spacial score (nSPS) is 13.9. The van der Waals surface area contributed by atoms with Crippen molar-refractivity contribution in [3.63, 3.8) is 0 Å². The zero-order valence-corrected chi connectivity index (χ0v) is 16.9. The molecule has 0 aliphatic carbocycles. The number of aliphatic hydroxyl groups is 1. The Hall–Kier alpha value is -3.72. The largest absolute Gasteiger partial charge is 0.481 e. The molecule has 0 aliphatic rings. The number of nitrogens with zero attached hydrogens (tertiary/aromatic N) is 2. The number of aromatic nitrogens is 3. The molecule has 9 nitrogen and oxygen atoms in total. The van der Waals surface area contributed by atoms with Crippen molar-refractivity contribution in [3.8, 4) is 17.1 Å². The van der Waals surface area contributed by atoms with E-state index >= 15 is 0 Å². The van der Waals surface area contributed by atoms with Crippen molar-refractivity contribution in [1.82, 2.24) is 20.5 Å². The monoisotopic (exact) mass is 424 g/mol. The summed E-state index contributed by atoms with van der Waals surface area (Å²) in [7, 11) is 0. The molecule has 5 N–H and O–H groups in total. The van der Waals surface area contributed by atoms with Gasteiger partial charge in [-0.15, -0.1) is 5.10 Å². The Balaban J connectivity index is 1.80. The average molecular weight is 424 g/mol. The van der Waals surface area contributed by atoms with Crippen LogP contribution in [-0.2, 0) is 11.2 Å². The summed E-state index contributed by atoms with van der Waals surface area (Å²) in [6.07, 6.45) is 0.328. The Bertz CT molecular complexity index is 1040. The number of nitrogens with one attached hydrogen (secondary N) is 2. The number of rotatable bonds is 9. The molecule has 3 rings (SSSR count). The van der Waals surface area contributed by atoms with E-state index < -0.39 is 36.0 Å². The van der Waals surface area contributed by atoms with E-state index in [2.05, 4.69) is 20.5 Å². The van der Waals surface area contributed by atoms with E-state index in [1.807, 2.05) is 54.6 Å². The first-order valence-electron chi connectivity index (χ1n) is 9.71. The van der Waals surface area contributed by atoms with E-state index in [1.54, 1.807) is 0 Å². The molecule has 0 aliphatic heterocycles. The molecule has 0 saturated carbocycles. The molecule has 0 fully saturated rings. The molecule has 2 atom stereocenters. The molecule has 1 amide bonds. The SMILES string of the molecule is C[C@@](CO)(C[C@@H](Cc1ccc(-c2ccccc2)cc1)NC(=O)c1nc(O)n[nH]1)C(=O)O. The van der Waals surface area contributed by atoms with E-state index in [9.17, 15) is 24.9 Å². The van der Waals surface area contributed by atoms with E-state index in [0.29, 0.717) is 6.42 Å². The van der Waals surface area contributed by atoms with Crippen LogP contribution in [0.2, 0.25) is 0 Å². The third-order valence-corrected chi connectivity index (χ3v) is 5.13. The Morgan fingerprint density at radius 3 is 2.29 bits per heavy atom. The van der Waals surface area contributed by atoms with Crippen LogP contribution in [-0.4, -0.2) is 55.0 Å². The molecule has 31 heavy (non-hydrogen) atoms. The Morgan fingerprint density at radius 2 is 1.74 bits per heavy atom.